The lowest BCUT2D eigenvalue weighted by Crippen LogP contribution is -2.47. The first-order valence-corrected chi connectivity index (χ1v) is 8.94. The van der Waals surface area contributed by atoms with E-state index in [4.69, 9.17) is 21.1 Å². The minimum Gasteiger partial charge on any atom is -0.437 e. The molecule has 1 unspecified atom stereocenters. The van der Waals surface area contributed by atoms with Crippen molar-refractivity contribution in [3.8, 4) is 0 Å². The fraction of sp³-hybridized carbons (Fsp3) is 0.444. The number of anilines is 1. The average molecular weight is 377 g/mol. The molecule has 1 atom stereocenters. The Balaban J connectivity index is 1.51. The van der Waals surface area contributed by atoms with Crippen LogP contribution in [0.2, 0.25) is 5.02 Å². The summed E-state index contributed by atoms with van der Waals surface area (Å²) < 4.78 is 13.5. The number of imidazole rings is 1. The van der Waals surface area contributed by atoms with Crippen LogP contribution in [0.4, 0.5) is 10.5 Å². The number of halogens is 1. The largest absolute Gasteiger partial charge is 0.437 e. The molecule has 0 bridgehead atoms. The van der Waals surface area contributed by atoms with Crippen LogP contribution >= 0.6 is 11.6 Å². The summed E-state index contributed by atoms with van der Waals surface area (Å²) in [7, 11) is 1.95. The van der Waals surface area contributed by atoms with Gasteiger partial charge in [-0.1, -0.05) is 11.6 Å². The fourth-order valence-electron chi connectivity index (χ4n) is 3.50. The number of amides is 1. The average Bonchev–Trinajstić information content (AvgIpc) is 3.08. The molecule has 2 aromatic rings. The number of rotatable bonds is 3. The highest BCUT2D eigenvalue weighted by molar-refractivity contribution is 6.30. The molecule has 1 amide bonds. The Kier molecular flexibility index (Phi) is 4.60. The number of hydrogen-bond donors (Lipinski definition) is 0. The van der Waals surface area contributed by atoms with Gasteiger partial charge in [-0.3, -0.25) is 9.80 Å². The van der Waals surface area contributed by atoms with Crippen molar-refractivity contribution in [3.63, 3.8) is 0 Å². The van der Waals surface area contributed by atoms with Gasteiger partial charge in [-0.15, -0.1) is 0 Å². The molecule has 1 aromatic carbocycles. The van der Waals surface area contributed by atoms with E-state index >= 15 is 0 Å². The second-order valence-electron chi connectivity index (χ2n) is 6.91. The molecule has 2 saturated heterocycles. The van der Waals surface area contributed by atoms with Crippen molar-refractivity contribution in [2.75, 3.05) is 37.7 Å². The van der Waals surface area contributed by atoms with Crippen molar-refractivity contribution < 1.29 is 14.3 Å². The Bertz CT molecular complexity index is 794. The van der Waals surface area contributed by atoms with Gasteiger partial charge in [0.25, 0.3) is 0 Å². The fourth-order valence-corrected chi connectivity index (χ4v) is 3.62. The number of carbonyl (C=O) groups excluding carboxylic acids is 1. The number of carbonyl (C=O) groups is 1. The van der Waals surface area contributed by atoms with E-state index in [2.05, 4.69) is 9.88 Å². The summed E-state index contributed by atoms with van der Waals surface area (Å²) in [6.45, 7) is 3.53. The van der Waals surface area contributed by atoms with E-state index < -0.39 is 5.60 Å². The summed E-state index contributed by atoms with van der Waals surface area (Å²) in [5.41, 5.74) is 1.09. The molecule has 3 heterocycles. The third kappa shape index (κ3) is 3.56. The van der Waals surface area contributed by atoms with Crippen LogP contribution in [0.15, 0.2) is 36.8 Å². The van der Waals surface area contributed by atoms with Crippen molar-refractivity contribution >= 4 is 23.4 Å². The normalized spacial score (nSPS) is 24.1. The predicted octanol–water partition coefficient (Wildman–Crippen LogP) is 2.30. The first-order chi connectivity index (χ1) is 12.5. The SMILES string of the molecule is Cn1cnc(CN2CCOCC3(C2)CN(c2ccc(Cl)cc2)C(=O)O3)c1. The van der Waals surface area contributed by atoms with Crippen molar-refractivity contribution in [1.82, 2.24) is 14.5 Å². The van der Waals surface area contributed by atoms with Gasteiger partial charge in [0.05, 0.1) is 31.8 Å². The lowest BCUT2D eigenvalue weighted by atomic mass is 10.0. The lowest BCUT2D eigenvalue weighted by molar-refractivity contribution is -0.0155. The molecule has 0 aliphatic carbocycles. The summed E-state index contributed by atoms with van der Waals surface area (Å²) >= 11 is 5.95. The highest BCUT2D eigenvalue weighted by Gasteiger charge is 2.48. The van der Waals surface area contributed by atoms with Gasteiger partial charge in [0.1, 0.15) is 0 Å². The third-order valence-electron chi connectivity index (χ3n) is 4.68. The highest BCUT2D eigenvalue weighted by atomic mass is 35.5. The maximum Gasteiger partial charge on any atom is 0.415 e. The van der Waals surface area contributed by atoms with Crippen LogP contribution in [0.25, 0.3) is 0 Å². The molecule has 0 N–H and O–H groups in total. The van der Waals surface area contributed by atoms with Gasteiger partial charge in [0.15, 0.2) is 5.60 Å². The molecule has 2 aliphatic heterocycles. The van der Waals surface area contributed by atoms with Gasteiger partial charge in [0, 0.05) is 43.6 Å². The van der Waals surface area contributed by atoms with Crippen LogP contribution < -0.4 is 4.90 Å². The Hall–Kier alpha value is -2.09. The van der Waals surface area contributed by atoms with Crippen molar-refractivity contribution in [1.29, 1.82) is 0 Å². The zero-order valence-electron chi connectivity index (χ0n) is 14.6. The zero-order chi connectivity index (χ0) is 18.1. The zero-order valence-corrected chi connectivity index (χ0v) is 15.4. The maximum absolute atomic E-state index is 12.5. The number of hydrogen-bond acceptors (Lipinski definition) is 5. The summed E-state index contributed by atoms with van der Waals surface area (Å²) in [6, 6.07) is 7.19. The Morgan fingerprint density at radius 2 is 2.08 bits per heavy atom. The van der Waals surface area contributed by atoms with E-state index in [-0.39, 0.29) is 6.09 Å². The second kappa shape index (κ2) is 6.90. The van der Waals surface area contributed by atoms with Crippen molar-refractivity contribution in [3.05, 3.63) is 47.5 Å². The molecule has 1 aromatic heterocycles. The maximum atomic E-state index is 12.5. The molecule has 2 fully saturated rings. The van der Waals surface area contributed by atoms with E-state index in [1.807, 2.05) is 29.9 Å². The Morgan fingerprint density at radius 3 is 2.81 bits per heavy atom. The van der Waals surface area contributed by atoms with Gasteiger partial charge in [-0.2, -0.15) is 0 Å². The Labute approximate surface area is 157 Å². The van der Waals surface area contributed by atoms with E-state index in [1.54, 1.807) is 23.4 Å². The number of aromatic nitrogens is 2. The summed E-state index contributed by atoms with van der Waals surface area (Å²) in [5.74, 6) is 0. The van der Waals surface area contributed by atoms with Crippen LogP contribution in [0.5, 0.6) is 0 Å². The van der Waals surface area contributed by atoms with Crippen LogP contribution in [0, 0.1) is 0 Å². The summed E-state index contributed by atoms with van der Waals surface area (Å²) in [6.07, 6.45) is 3.44. The van der Waals surface area contributed by atoms with Gasteiger partial charge in [-0.25, -0.2) is 9.78 Å². The quantitative estimate of drug-likeness (QED) is 0.822. The first kappa shape index (κ1) is 17.3. The van der Waals surface area contributed by atoms with Crippen molar-refractivity contribution in [2.45, 2.75) is 12.1 Å². The van der Waals surface area contributed by atoms with Crippen LogP contribution in [-0.2, 0) is 23.1 Å². The molecule has 0 radical (unpaired) electrons. The molecular formula is C18H21ClN4O3. The number of nitrogens with zero attached hydrogens (tertiary/aromatic N) is 4. The van der Waals surface area contributed by atoms with E-state index in [1.165, 1.54) is 0 Å². The van der Waals surface area contributed by atoms with Gasteiger partial charge < -0.3 is 14.0 Å². The number of benzene rings is 1. The monoisotopic (exact) mass is 376 g/mol. The van der Waals surface area contributed by atoms with E-state index in [0.717, 1.165) is 17.9 Å². The molecular weight excluding hydrogens is 356 g/mol. The minimum atomic E-state index is -0.679. The topological polar surface area (TPSA) is 59.8 Å². The summed E-state index contributed by atoms with van der Waals surface area (Å²) in [4.78, 5) is 20.8. The molecule has 4 rings (SSSR count). The standard InChI is InChI=1S/C18H21ClN4O3/c1-21-8-15(20-13-21)9-22-6-7-25-12-18(10-22)11-23(17(24)26-18)16-4-2-14(19)3-5-16/h2-5,8,13H,6-7,9-12H2,1H3. The predicted molar refractivity (Wildman–Crippen MR) is 97.3 cm³/mol. The molecule has 8 heteroatoms. The molecule has 1 spiro atoms. The van der Waals surface area contributed by atoms with Gasteiger partial charge >= 0.3 is 6.09 Å². The minimum absolute atomic E-state index is 0.351. The highest BCUT2D eigenvalue weighted by Crippen LogP contribution is 2.31. The van der Waals surface area contributed by atoms with Gasteiger partial charge in [0.2, 0.25) is 0 Å². The molecule has 2 aliphatic rings. The smallest absolute Gasteiger partial charge is 0.415 e. The Morgan fingerprint density at radius 1 is 1.27 bits per heavy atom. The first-order valence-electron chi connectivity index (χ1n) is 8.56. The molecule has 138 valence electrons. The molecule has 7 nitrogen and oxygen atoms in total. The number of aryl methyl sites for hydroxylation is 1. The molecule has 26 heavy (non-hydrogen) atoms. The number of ether oxygens (including phenoxy) is 2. The molecule has 0 saturated carbocycles. The summed E-state index contributed by atoms with van der Waals surface area (Å²) in [5, 5.41) is 0.635. The van der Waals surface area contributed by atoms with E-state index in [0.29, 0.717) is 37.9 Å². The lowest BCUT2D eigenvalue weighted by Gasteiger charge is -2.29. The third-order valence-corrected chi connectivity index (χ3v) is 4.93. The second-order valence-corrected chi connectivity index (χ2v) is 7.34. The van der Waals surface area contributed by atoms with Crippen LogP contribution in [-0.4, -0.2) is 59.0 Å². The van der Waals surface area contributed by atoms with Crippen molar-refractivity contribution in [2.24, 2.45) is 7.05 Å². The van der Waals surface area contributed by atoms with E-state index in [9.17, 15) is 4.79 Å². The van der Waals surface area contributed by atoms with Crippen LogP contribution in [0.3, 0.4) is 0 Å². The van der Waals surface area contributed by atoms with Crippen LogP contribution in [0.1, 0.15) is 5.69 Å². The van der Waals surface area contributed by atoms with Gasteiger partial charge in [-0.05, 0) is 24.3 Å².